The number of rotatable bonds is 13. The Morgan fingerprint density at radius 2 is 1.56 bits per heavy atom. The first-order chi connectivity index (χ1) is 26.8. The molecule has 8 rings (SSSR count). The topological polar surface area (TPSA) is 127 Å². The number of carbonyl (C=O) groups excluding carboxylic acids is 3. The molecule has 0 unspecified atom stereocenters. The number of benzene rings is 4. The third kappa shape index (κ3) is 8.31. The van der Waals surface area contributed by atoms with Crippen molar-refractivity contribution >= 4 is 39.1 Å². The fraction of sp³-hybridized carbons (Fsp3) is 0.326. The summed E-state index contributed by atoms with van der Waals surface area (Å²) in [6.07, 6.45) is 2.61. The van der Waals surface area contributed by atoms with Gasteiger partial charge in [-0.15, -0.1) is 11.3 Å². The summed E-state index contributed by atoms with van der Waals surface area (Å²) in [7, 11) is 0. The molecule has 4 heterocycles. The minimum atomic E-state index is -0.635. The second-order valence-corrected chi connectivity index (χ2v) is 15.3. The summed E-state index contributed by atoms with van der Waals surface area (Å²) in [5, 5.41) is 13.4. The minimum Gasteiger partial charge on any atom is -0.508 e. The number of hydrogen-bond acceptors (Lipinski definition) is 10. The molecular weight excluding hydrogens is 719 g/mol. The zero-order chi connectivity index (χ0) is 37.9. The average Bonchev–Trinajstić information content (AvgIpc) is 3.70. The SMILES string of the molecule is Cc1ccc(-c2sc3cc(O)ccc3c2Oc2ccc(OCCN3CCC(OCCOc4ccc5c(c4)CN([C@H]4CCC(=O)NC4=O)C5=O)CC3)cc2)cc1. The van der Waals surface area contributed by atoms with Crippen LogP contribution in [-0.4, -0.2) is 84.2 Å². The summed E-state index contributed by atoms with van der Waals surface area (Å²) >= 11 is 1.60. The Balaban J connectivity index is 0.750. The van der Waals surface area contributed by atoms with E-state index in [9.17, 15) is 19.5 Å². The second-order valence-electron chi connectivity index (χ2n) is 14.2. The van der Waals surface area contributed by atoms with E-state index in [4.69, 9.17) is 18.9 Å². The van der Waals surface area contributed by atoms with Gasteiger partial charge < -0.3 is 29.0 Å². The van der Waals surface area contributed by atoms with Gasteiger partial charge >= 0.3 is 0 Å². The van der Waals surface area contributed by atoms with Crippen LogP contribution < -0.4 is 19.5 Å². The Morgan fingerprint density at radius 1 is 0.818 bits per heavy atom. The number of thiophene rings is 1. The Hall–Kier alpha value is -5.43. The van der Waals surface area contributed by atoms with E-state index in [2.05, 4.69) is 41.4 Å². The fourth-order valence-electron chi connectivity index (χ4n) is 7.39. The van der Waals surface area contributed by atoms with Gasteiger partial charge in [0.15, 0.2) is 5.75 Å². The van der Waals surface area contributed by atoms with Crippen LogP contribution in [-0.2, 0) is 20.9 Å². The van der Waals surface area contributed by atoms with Gasteiger partial charge in [0.25, 0.3) is 5.91 Å². The molecule has 3 aliphatic rings. The van der Waals surface area contributed by atoms with Crippen molar-refractivity contribution in [2.45, 2.75) is 51.3 Å². The first kappa shape index (κ1) is 36.5. The molecule has 2 fully saturated rings. The van der Waals surface area contributed by atoms with Gasteiger partial charge in [0, 0.05) is 48.2 Å². The lowest BCUT2D eigenvalue weighted by Crippen LogP contribution is -2.52. The highest BCUT2D eigenvalue weighted by Gasteiger charge is 2.39. The molecule has 2 saturated heterocycles. The maximum absolute atomic E-state index is 12.9. The second kappa shape index (κ2) is 16.1. The zero-order valence-corrected chi connectivity index (χ0v) is 31.4. The molecule has 3 aliphatic heterocycles. The minimum absolute atomic E-state index is 0.172. The highest BCUT2D eigenvalue weighted by Crippen LogP contribution is 2.47. The number of fused-ring (bicyclic) bond motifs is 2. The number of imide groups is 1. The van der Waals surface area contributed by atoms with Gasteiger partial charge in [0.2, 0.25) is 11.8 Å². The Morgan fingerprint density at radius 3 is 2.35 bits per heavy atom. The number of nitrogens with one attached hydrogen (secondary N) is 1. The number of hydrogen-bond donors (Lipinski definition) is 2. The molecular formula is C43H43N3O8S. The molecule has 5 aromatic rings. The number of ether oxygens (including phenoxy) is 4. The number of phenolic OH excluding ortho intramolecular Hbond substituents is 1. The average molecular weight is 762 g/mol. The summed E-state index contributed by atoms with van der Waals surface area (Å²) in [6.45, 7) is 6.50. The van der Waals surface area contributed by atoms with Crippen LogP contribution in [0.1, 0.15) is 47.2 Å². The predicted molar refractivity (Wildman–Crippen MR) is 209 cm³/mol. The van der Waals surface area contributed by atoms with Crippen molar-refractivity contribution in [1.82, 2.24) is 15.1 Å². The van der Waals surface area contributed by atoms with Gasteiger partial charge in [-0.05, 0) is 98.0 Å². The Kier molecular flexibility index (Phi) is 10.7. The number of carbonyl (C=O) groups is 3. The van der Waals surface area contributed by atoms with Crippen molar-refractivity contribution < 1.29 is 38.4 Å². The van der Waals surface area contributed by atoms with Gasteiger partial charge in [-0.3, -0.25) is 24.6 Å². The number of aromatic hydroxyl groups is 1. The molecule has 12 heteroatoms. The largest absolute Gasteiger partial charge is 0.508 e. The monoisotopic (exact) mass is 761 g/mol. The molecule has 3 amide bonds. The highest BCUT2D eigenvalue weighted by atomic mass is 32.1. The van der Waals surface area contributed by atoms with Crippen LogP contribution in [0.2, 0.25) is 0 Å². The van der Waals surface area contributed by atoms with Crippen LogP contribution in [0.3, 0.4) is 0 Å². The standard InChI is InChI=1S/C43H43N3O8S/c1-27-2-4-28(5-3-27)41-40(36-12-6-30(47)25-38(36)55-41)54-33-9-7-31(8-10-33)51-21-20-45-18-16-32(17-19-45)52-22-23-53-34-11-13-35-29(24-34)26-46(43(35)50)37-14-15-39(48)44-42(37)49/h2-13,24-25,32,37,47H,14-23,26H2,1H3,(H,44,48,49)/t37-/m0/s1. The molecule has 55 heavy (non-hydrogen) atoms. The van der Waals surface area contributed by atoms with Crippen LogP contribution in [0.25, 0.3) is 20.5 Å². The summed E-state index contributed by atoms with van der Waals surface area (Å²) in [4.78, 5) is 41.7. The number of amides is 3. The molecule has 0 bridgehead atoms. The van der Waals surface area contributed by atoms with Crippen LogP contribution in [0.4, 0.5) is 0 Å². The van der Waals surface area contributed by atoms with E-state index >= 15 is 0 Å². The van der Waals surface area contributed by atoms with E-state index in [1.165, 1.54) is 10.5 Å². The number of nitrogens with zero attached hydrogens (tertiary/aromatic N) is 2. The maximum Gasteiger partial charge on any atom is 0.255 e. The van der Waals surface area contributed by atoms with Crippen molar-refractivity contribution in [2.75, 3.05) is 39.5 Å². The Bertz CT molecular complexity index is 2190. The Labute approximate surface area is 323 Å². The number of phenols is 1. The van der Waals surface area contributed by atoms with E-state index in [1.54, 1.807) is 35.6 Å². The fourth-order valence-corrected chi connectivity index (χ4v) is 8.56. The summed E-state index contributed by atoms with van der Waals surface area (Å²) < 4.78 is 25.6. The van der Waals surface area contributed by atoms with E-state index in [1.807, 2.05) is 36.4 Å². The van der Waals surface area contributed by atoms with E-state index < -0.39 is 11.9 Å². The molecule has 2 N–H and O–H groups in total. The molecule has 0 spiro atoms. The van der Waals surface area contributed by atoms with Gasteiger partial charge in [-0.1, -0.05) is 29.8 Å². The summed E-state index contributed by atoms with van der Waals surface area (Å²) in [6, 6.07) is 26.2. The van der Waals surface area contributed by atoms with Crippen LogP contribution in [0, 0.1) is 6.92 Å². The van der Waals surface area contributed by atoms with E-state index in [0.717, 1.165) is 70.1 Å². The van der Waals surface area contributed by atoms with Crippen molar-refractivity contribution in [2.24, 2.45) is 0 Å². The van der Waals surface area contributed by atoms with Crippen molar-refractivity contribution in [1.29, 1.82) is 0 Å². The zero-order valence-electron chi connectivity index (χ0n) is 30.6. The lowest BCUT2D eigenvalue weighted by atomic mass is 10.0. The highest BCUT2D eigenvalue weighted by molar-refractivity contribution is 7.22. The molecule has 0 saturated carbocycles. The van der Waals surface area contributed by atoms with Crippen molar-refractivity contribution in [3.8, 4) is 39.2 Å². The normalized spacial score (nSPS) is 17.7. The third-order valence-electron chi connectivity index (χ3n) is 10.4. The molecule has 1 aromatic heterocycles. The van der Waals surface area contributed by atoms with E-state index in [0.29, 0.717) is 49.8 Å². The third-order valence-corrected chi connectivity index (χ3v) is 11.6. The van der Waals surface area contributed by atoms with Gasteiger partial charge in [-0.2, -0.15) is 0 Å². The lowest BCUT2D eigenvalue weighted by Gasteiger charge is -2.31. The molecule has 0 aliphatic carbocycles. The van der Waals surface area contributed by atoms with Crippen LogP contribution in [0.5, 0.6) is 28.7 Å². The van der Waals surface area contributed by atoms with Crippen molar-refractivity contribution in [3.63, 3.8) is 0 Å². The number of likely N-dealkylation sites (tertiary alicyclic amines) is 1. The molecule has 4 aromatic carbocycles. The van der Waals surface area contributed by atoms with Gasteiger partial charge in [0.05, 0.1) is 17.6 Å². The van der Waals surface area contributed by atoms with E-state index in [-0.39, 0.29) is 30.1 Å². The molecule has 284 valence electrons. The smallest absolute Gasteiger partial charge is 0.255 e. The quantitative estimate of drug-likeness (QED) is 0.0957. The molecule has 11 nitrogen and oxygen atoms in total. The first-order valence-electron chi connectivity index (χ1n) is 18.7. The predicted octanol–water partition coefficient (Wildman–Crippen LogP) is 7.07. The molecule has 1 atom stereocenters. The number of piperidine rings is 2. The lowest BCUT2D eigenvalue weighted by molar-refractivity contribution is -0.136. The molecule has 0 radical (unpaired) electrons. The van der Waals surface area contributed by atoms with Crippen LogP contribution in [0.15, 0.2) is 84.9 Å². The van der Waals surface area contributed by atoms with Crippen LogP contribution >= 0.6 is 11.3 Å². The number of aryl methyl sites for hydroxylation is 1. The van der Waals surface area contributed by atoms with Crippen molar-refractivity contribution in [3.05, 3.63) is 102 Å². The summed E-state index contributed by atoms with van der Waals surface area (Å²) in [5.74, 6) is 2.24. The maximum atomic E-state index is 12.9. The first-order valence-corrected chi connectivity index (χ1v) is 19.6. The summed E-state index contributed by atoms with van der Waals surface area (Å²) in [5.41, 5.74) is 3.64. The van der Waals surface area contributed by atoms with Gasteiger partial charge in [-0.25, -0.2) is 0 Å². The van der Waals surface area contributed by atoms with Gasteiger partial charge in [0.1, 0.15) is 42.3 Å².